The monoisotopic (exact) mass is 438 g/mol. The average Bonchev–Trinajstić information content (AvgIpc) is 3.15. The Kier molecular flexibility index (Phi) is 4.68. The average molecular weight is 438 g/mol. The summed E-state index contributed by atoms with van der Waals surface area (Å²) >= 11 is 0. The number of carboxylic acid groups (broad SMARTS) is 1. The Morgan fingerprint density at radius 2 is 2.12 bits per heavy atom. The number of aromatic amines is 1. The van der Waals surface area contributed by atoms with Crippen LogP contribution in [0.25, 0.3) is 10.9 Å². The van der Waals surface area contributed by atoms with Crippen LogP contribution in [0.3, 0.4) is 0 Å². The molecule has 0 spiro atoms. The highest BCUT2D eigenvalue weighted by Crippen LogP contribution is 2.48. The summed E-state index contributed by atoms with van der Waals surface area (Å²) in [5, 5.41) is 21.0. The van der Waals surface area contributed by atoms with Crippen LogP contribution in [-0.2, 0) is 16.1 Å². The molecule has 32 heavy (non-hydrogen) atoms. The molecule has 2 fully saturated rings. The quantitative estimate of drug-likeness (QED) is 0.529. The van der Waals surface area contributed by atoms with Gasteiger partial charge in [0.1, 0.15) is 30.4 Å². The van der Waals surface area contributed by atoms with Crippen molar-refractivity contribution in [1.82, 2.24) is 29.9 Å². The number of hydrogen-bond acceptors (Lipinski definition) is 7. The number of likely N-dealkylation sites (tertiary alicyclic amines) is 1. The van der Waals surface area contributed by atoms with E-state index in [-0.39, 0.29) is 35.9 Å². The summed E-state index contributed by atoms with van der Waals surface area (Å²) in [5.74, 6) is -0.257. The molecule has 5 rings (SSSR count). The molecule has 2 aliphatic rings. The zero-order valence-corrected chi connectivity index (χ0v) is 17.6. The number of ether oxygens (including phenoxy) is 1. The molecule has 2 N–H and O–H groups in total. The molecule has 1 amide bonds. The van der Waals surface area contributed by atoms with Crippen LogP contribution < -0.4 is 4.74 Å². The van der Waals surface area contributed by atoms with Gasteiger partial charge in [0, 0.05) is 18.4 Å². The highest BCUT2D eigenvalue weighted by molar-refractivity contribution is 6.05. The van der Waals surface area contributed by atoms with Gasteiger partial charge in [-0.05, 0) is 43.9 Å². The van der Waals surface area contributed by atoms with Gasteiger partial charge in [-0.2, -0.15) is 10.2 Å². The number of carboxylic acids is 1. The second kappa shape index (κ2) is 7.43. The largest absolute Gasteiger partial charge is 0.483 e. The van der Waals surface area contributed by atoms with E-state index in [9.17, 15) is 19.5 Å². The molecular formula is C21H22N6O5. The lowest BCUT2D eigenvalue weighted by Crippen LogP contribution is -2.44. The molecule has 11 nitrogen and oxygen atoms in total. The van der Waals surface area contributed by atoms with Crippen LogP contribution in [0.4, 0.5) is 0 Å². The number of amides is 1. The smallest absolute Gasteiger partial charge is 0.326 e. The molecule has 2 aromatic heterocycles. The zero-order chi connectivity index (χ0) is 22.6. The van der Waals surface area contributed by atoms with Crippen molar-refractivity contribution in [2.75, 3.05) is 0 Å². The molecule has 1 saturated carbocycles. The van der Waals surface area contributed by atoms with Crippen LogP contribution >= 0.6 is 0 Å². The minimum atomic E-state index is -0.984. The third-order valence-electron chi connectivity index (χ3n) is 6.13. The standard InChI is InChI=1S/C21H22N6O5/c1-10(28)19-14-7-13(32-11(2)20-22-9-23-24-20)3-4-15(14)26(25-19)8-18(29)27-16-5-12(16)6-17(27)21(30)31/h3-4,7,9,11-12,16-17H,5-6,8H2,1-2H3,(H,30,31)(H,22,23,24)/t11?,12-,16-,17+/m1/s1. The van der Waals surface area contributed by atoms with E-state index in [4.69, 9.17) is 4.74 Å². The molecule has 3 aromatic rings. The number of nitrogens with zero attached hydrogens (tertiary/aromatic N) is 5. The van der Waals surface area contributed by atoms with Crippen LogP contribution in [0.15, 0.2) is 24.5 Å². The Morgan fingerprint density at radius 3 is 2.81 bits per heavy atom. The van der Waals surface area contributed by atoms with E-state index in [0.29, 0.717) is 28.9 Å². The minimum absolute atomic E-state index is 0.00477. The third-order valence-corrected chi connectivity index (χ3v) is 6.13. The highest BCUT2D eigenvalue weighted by atomic mass is 16.5. The summed E-state index contributed by atoms with van der Waals surface area (Å²) in [5.41, 5.74) is 0.823. The summed E-state index contributed by atoms with van der Waals surface area (Å²) in [6.45, 7) is 3.08. The Balaban J connectivity index is 1.43. The Morgan fingerprint density at radius 1 is 1.31 bits per heavy atom. The highest BCUT2D eigenvalue weighted by Gasteiger charge is 2.56. The zero-order valence-electron chi connectivity index (χ0n) is 17.6. The van der Waals surface area contributed by atoms with Crippen molar-refractivity contribution in [1.29, 1.82) is 0 Å². The molecule has 11 heteroatoms. The second-order valence-corrected chi connectivity index (χ2v) is 8.31. The van der Waals surface area contributed by atoms with E-state index in [1.165, 1.54) is 22.8 Å². The Labute approximate surface area is 182 Å². The van der Waals surface area contributed by atoms with E-state index in [2.05, 4.69) is 20.3 Å². The van der Waals surface area contributed by atoms with Crippen molar-refractivity contribution < 1.29 is 24.2 Å². The first-order valence-electron chi connectivity index (χ1n) is 10.4. The first-order chi connectivity index (χ1) is 15.3. The molecule has 1 aliphatic heterocycles. The third kappa shape index (κ3) is 3.39. The van der Waals surface area contributed by atoms with E-state index in [1.807, 2.05) is 0 Å². The van der Waals surface area contributed by atoms with Gasteiger partial charge in [0.05, 0.1) is 5.52 Å². The van der Waals surface area contributed by atoms with Crippen molar-refractivity contribution in [2.45, 2.75) is 51.4 Å². The number of carbonyl (C=O) groups excluding carboxylic acids is 2. The summed E-state index contributed by atoms with van der Waals surface area (Å²) in [6, 6.07) is 4.37. The second-order valence-electron chi connectivity index (χ2n) is 8.31. The number of aromatic nitrogens is 5. The fourth-order valence-corrected chi connectivity index (χ4v) is 4.53. The van der Waals surface area contributed by atoms with E-state index < -0.39 is 18.1 Å². The van der Waals surface area contributed by atoms with Crippen LogP contribution in [0.1, 0.15) is 49.1 Å². The predicted octanol–water partition coefficient (Wildman–Crippen LogP) is 1.57. The van der Waals surface area contributed by atoms with Gasteiger partial charge < -0.3 is 14.7 Å². The molecule has 166 valence electrons. The summed E-state index contributed by atoms with van der Waals surface area (Å²) in [7, 11) is 0. The van der Waals surface area contributed by atoms with Crippen LogP contribution in [0, 0.1) is 5.92 Å². The van der Waals surface area contributed by atoms with E-state index in [0.717, 1.165) is 6.42 Å². The van der Waals surface area contributed by atoms with Gasteiger partial charge in [-0.15, -0.1) is 0 Å². The lowest BCUT2D eigenvalue weighted by atomic mass is 10.1. The van der Waals surface area contributed by atoms with Crippen LogP contribution in [-0.4, -0.2) is 64.7 Å². The van der Waals surface area contributed by atoms with Crippen molar-refractivity contribution in [3.63, 3.8) is 0 Å². The van der Waals surface area contributed by atoms with Crippen LogP contribution in [0.2, 0.25) is 0 Å². The number of hydrogen-bond donors (Lipinski definition) is 2. The minimum Gasteiger partial charge on any atom is -0.483 e. The molecule has 4 atom stereocenters. The van der Waals surface area contributed by atoms with Gasteiger partial charge in [0.25, 0.3) is 0 Å². The maximum Gasteiger partial charge on any atom is 0.326 e. The molecule has 1 saturated heterocycles. The molecule has 1 unspecified atom stereocenters. The fourth-order valence-electron chi connectivity index (χ4n) is 4.53. The lowest BCUT2D eigenvalue weighted by Gasteiger charge is -2.24. The van der Waals surface area contributed by atoms with Gasteiger partial charge in [-0.1, -0.05) is 0 Å². The summed E-state index contributed by atoms with van der Waals surface area (Å²) in [4.78, 5) is 42.3. The van der Waals surface area contributed by atoms with Crippen molar-refractivity contribution in [3.8, 4) is 5.75 Å². The number of rotatable bonds is 7. The summed E-state index contributed by atoms with van der Waals surface area (Å²) in [6.07, 6.45) is 2.39. The maximum atomic E-state index is 13.0. The number of aliphatic carboxylic acids is 1. The van der Waals surface area contributed by atoms with Gasteiger partial charge in [-0.3, -0.25) is 19.4 Å². The van der Waals surface area contributed by atoms with Gasteiger partial charge in [0.15, 0.2) is 17.7 Å². The summed E-state index contributed by atoms with van der Waals surface area (Å²) < 4.78 is 7.36. The van der Waals surface area contributed by atoms with Crippen molar-refractivity contribution in [3.05, 3.63) is 36.0 Å². The van der Waals surface area contributed by atoms with Gasteiger partial charge in [-0.25, -0.2) is 9.78 Å². The first kappa shape index (κ1) is 20.2. The maximum absolute atomic E-state index is 13.0. The molecule has 0 bridgehead atoms. The van der Waals surface area contributed by atoms with E-state index >= 15 is 0 Å². The lowest BCUT2D eigenvalue weighted by molar-refractivity contribution is -0.149. The topological polar surface area (TPSA) is 143 Å². The van der Waals surface area contributed by atoms with Crippen LogP contribution in [0.5, 0.6) is 5.75 Å². The predicted molar refractivity (Wildman–Crippen MR) is 110 cm³/mol. The molecule has 0 radical (unpaired) electrons. The number of piperidine rings is 1. The Bertz CT molecular complexity index is 1220. The number of ketones is 1. The molecule has 3 heterocycles. The van der Waals surface area contributed by atoms with Crippen molar-refractivity contribution in [2.24, 2.45) is 5.92 Å². The number of fused-ring (bicyclic) bond motifs is 2. The number of carbonyl (C=O) groups is 3. The van der Waals surface area contributed by atoms with Crippen molar-refractivity contribution >= 4 is 28.6 Å². The number of benzene rings is 1. The van der Waals surface area contributed by atoms with E-state index in [1.54, 1.807) is 25.1 Å². The molecule has 1 aliphatic carbocycles. The number of nitrogens with one attached hydrogen (secondary N) is 1. The number of H-pyrrole nitrogens is 1. The first-order valence-corrected chi connectivity index (χ1v) is 10.4. The Hall–Kier alpha value is -3.76. The molecular weight excluding hydrogens is 416 g/mol. The molecule has 1 aromatic carbocycles. The fraction of sp³-hybridized carbons (Fsp3) is 0.429. The normalized spacial score (nSPS) is 22.6. The van der Waals surface area contributed by atoms with Gasteiger partial charge >= 0.3 is 5.97 Å². The van der Waals surface area contributed by atoms with Gasteiger partial charge in [0.2, 0.25) is 5.91 Å². The SMILES string of the molecule is CC(=O)c1nn(CC(=O)N2[C@@H]3C[C@@H]3C[C@H]2C(=O)O)c2ccc(OC(C)c3nc[nH]n3)cc12. The number of Topliss-reactive ketones (excluding diaryl/α,β-unsaturated/α-hetero) is 1.